The number of nitrogens with one attached hydrogen (secondary N) is 1. The first-order valence-electron chi connectivity index (χ1n) is 5.65. The monoisotopic (exact) mass is 419 g/mol. The Bertz CT molecular complexity index is 416. The molecule has 0 radical (unpaired) electrons. The van der Waals surface area contributed by atoms with Gasteiger partial charge in [-0.3, -0.25) is 0 Å². The van der Waals surface area contributed by atoms with Crippen LogP contribution in [0.3, 0.4) is 0 Å². The fourth-order valence-corrected chi connectivity index (χ4v) is 3.45. The van der Waals surface area contributed by atoms with Gasteiger partial charge in [0.1, 0.15) is 0 Å². The Hall–Kier alpha value is 0.280. The second kappa shape index (κ2) is 7.77. The highest BCUT2D eigenvalue weighted by molar-refractivity contribution is 14.0. The molecule has 18 heavy (non-hydrogen) atoms. The Labute approximate surface area is 138 Å². The summed E-state index contributed by atoms with van der Waals surface area (Å²) in [5.41, 5.74) is 6.75. The van der Waals surface area contributed by atoms with Gasteiger partial charge < -0.3 is 11.1 Å². The molecule has 102 valence electrons. The number of thiophene rings is 1. The lowest BCUT2D eigenvalue weighted by Crippen LogP contribution is -2.38. The maximum Gasteiger partial charge on any atom is 0.189 e. The molecule has 0 saturated heterocycles. The van der Waals surface area contributed by atoms with Gasteiger partial charge in [0.05, 0.1) is 15.2 Å². The van der Waals surface area contributed by atoms with Crippen LogP contribution in [0.25, 0.3) is 0 Å². The molecule has 7 heteroatoms. The summed E-state index contributed by atoms with van der Waals surface area (Å²) in [4.78, 5) is 4.28. The van der Waals surface area contributed by atoms with Gasteiger partial charge in [-0.2, -0.15) is 0 Å². The summed E-state index contributed by atoms with van der Waals surface area (Å²) in [5.74, 6) is 0.496. The van der Waals surface area contributed by atoms with E-state index >= 15 is 0 Å². The van der Waals surface area contributed by atoms with E-state index < -0.39 is 0 Å². The summed E-state index contributed by atoms with van der Waals surface area (Å²) in [7, 11) is 0. The fraction of sp³-hybridized carbons (Fsp3) is 0.545. The lowest BCUT2D eigenvalue weighted by atomic mass is 10.2. The summed E-state index contributed by atoms with van der Waals surface area (Å²) >= 11 is 13.2. The third-order valence-electron chi connectivity index (χ3n) is 2.85. The van der Waals surface area contributed by atoms with Crippen LogP contribution < -0.4 is 11.1 Å². The zero-order valence-electron chi connectivity index (χ0n) is 9.79. The predicted molar refractivity (Wildman–Crippen MR) is 90.5 cm³/mol. The van der Waals surface area contributed by atoms with Gasteiger partial charge in [-0.05, 0) is 18.9 Å². The van der Waals surface area contributed by atoms with Crippen LogP contribution in [-0.2, 0) is 6.54 Å². The molecule has 3 nitrogen and oxygen atoms in total. The molecule has 0 unspecified atom stereocenters. The molecule has 1 aliphatic carbocycles. The molecule has 1 heterocycles. The minimum absolute atomic E-state index is 0. The first-order valence-corrected chi connectivity index (χ1v) is 7.22. The Balaban J connectivity index is 0.00000162. The molecule has 1 fully saturated rings. The highest BCUT2D eigenvalue weighted by Gasteiger charge is 2.14. The van der Waals surface area contributed by atoms with Gasteiger partial charge in [0.15, 0.2) is 5.96 Å². The lowest BCUT2D eigenvalue weighted by molar-refractivity contribution is 0.625. The second-order valence-corrected chi connectivity index (χ2v) is 6.46. The van der Waals surface area contributed by atoms with Crippen LogP contribution in [0.1, 0.15) is 31.2 Å². The van der Waals surface area contributed by atoms with Crippen LogP contribution in [0.15, 0.2) is 11.1 Å². The van der Waals surface area contributed by atoms with Crippen molar-refractivity contribution in [1.82, 2.24) is 5.32 Å². The first kappa shape index (κ1) is 16.3. The van der Waals surface area contributed by atoms with Crippen molar-refractivity contribution in [2.75, 3.05) is 0 Å². The predicted octanol–water partition coefficient (Wildman–Crippen LogP) is 4.02. The van der Waals surface area contributed by atoms with Crippen molar-refractivity contribution < 1.29 is 0 Å². The standard InChI is InChI=1S/C11H15Cl2N3S.HI/c12-9-5-7(10(13)17-9)6-15-11(14)16-8-3-1-2-4-8;/h5,8H,1-4,6H2,(H3,14,15,16);1H. The molecular formula is C11H16Cl2IN3S. The minimum atomic E-state index is 0. The number of guanidine groups is 1. The summed E-state index contributed by atoms with van der Waals surface area (Å²) in [6.07, 6.45) is 4.91. The highest BCUT2D eigenvalue weighted by atomic mass is 127. The van der Waals surface area contributed by atoms with E-state index in [-0.39, 0.29) is 24.0 Å². The number of nitrogens with two attached hydrogens (primary N) is 1. The first-order chi connectivity index (χ1) is 8.15. The number of hydrogen-bond acceptors (Lipinski definition) is 2. The number of halogens is 3. The van der Waals surface area contributed by atoms with Crippen LogP contribution in [0.4, 0.5) is 0 Å². The molecule has 0 aromatic carbocycles. The van der Waals surface area contributed by atoms with Crippen molar-refractivity contribution in [2.24, 2.45) is 10.7 Å². The van der Waals surface area contributed by atoms with Gasteiger partial charge in [-0.1, -0.05) is 36.0 Å². The Morgan fingerprint density at radius 1 is 1.44 bits per heavy atom. The van der Waals surface area contributed by atoms with Crippen LogP contribution in [0, 0.1) is 0 Å². The van der Waals surface area contributed by atoms with E-state index in [4.69, 9.17) is 28.9 Å². The lowest BCUT2D eigenvalue weighted by Gasteiger charge is -2.11. The highest BCUT2D eigenvalue weighted by Crippen LogP contribution is 2.31. The van der Waals surface area contributed by atoms with Gasteiger partial charge in [0, 0.05) is 11.6 Å². The molecular weight excluding hydrogens is 404 g/mol. The largest absolute Gasteiger partial charge is 0.370 e. The second-order valence-electron chi connectivity index (χ2n) is 4.18. The van der Waals surface area contributed by atoms with Gasteiger partial charge in [-0.15, -0.1) is 35.3 Å². The van der Waals surface area contributed by atoms with E-state index in [2.05, 4.69) is 10.3 Å². The number of nitrogens with zero attached hydrogens (tertiary/aromatic N) is 1. The third-order valence-corrected chi connectivity index (χ3v) is 4.42. The van der Waals surface area contributed by atoms with Crippen molar-refractivity contribution >= 4 is 64.5 Å². The van der Waals surface area contributed by atoms with E-state index in [0.29, 0.717) is 27.2 Å². The SMILES string of the molecule is I.NC(=NCc1cc(Cl)sc1Cl)NC1CCCC1. The van der Waals surface area contributed by atoms with Crippen molar-refractivity contribution in [3.63, 3.8) is 0 Å². The van der Waals surface area contributed by atoms with Gasteiger partial charge in [-0.25, -0.2) is 4.99 Å². The van der Waals surface area contributed by atoms with E-state index in [1.54, 1.807) is 0 Å². The molecule has 3 N–H and O–H groups in total. The van der Waals surface area contributed by atoms with Crippen LogP contribution in [-0.4, -0.2) is 12.0 Å². The van der Waals surface area contributed by atoms with E-state index in [9.17, 15) is 0 Å². The average Bonchev–Trinajstić information content (AvgIpc) is 2.86. The molecule has 0 atom stereocenters. The topological polar surface area (TPSA) is 50.4 Å². The smallest absolute Gasteiger partial charge is 0.189 e. The van der Waals surface area contributed by atoms with Gasteiger partial charge >= 0.3 is 0 Å². The van der Waals surface area contributed by atoms with Crippen LogP contribution >= 0.6 is 58.5 Å². The molecule has 1 saturated carbocycles. The minimum Gasteiger partial charge on any atom is -0.370 e. The van der Waals surface area contributed by atoms with Gasteiger partial charge in [0.25, 0.3) is 0 Å². The number of hydrogen-bond donors (Lipinski definition) is 2. The van der Waals surface area contributed by atoms with E-state index in [1.807, 2.05) is 6.07 Å². The maximum atomic E-state index is 6.00. The Morgan fingerprint density at radius 3 is 2.67 bits per heavy atom. The number of rotatable bonds is 3. The number of aliphatic imine (C=N–C) groups is 1. The molecule has 0 spiro atoms. The average molecular weight is 420 g/mol. The molecule has 0 bridgehead atoms. The quantitative estimate of drug-likeness (QED) is 0.441. The van der Waals surface area contributed by atoms with Crippen molar-refractivity contribution in [3.05, 3.63) is 20.3 Å². The molecule has 1 aromatic rings. The Morgan fingerprint density at radius 2 is 2.11 bits per heavy atom. The normalized spacial score (nSPS) is 16.7. The van der Waals surface area contributed by atoms with E-state index in [0.717, 1.165) is 5.56 Å². The van der Waals surface area contributed by atoms with Crippen molar-refractivity contribution in [3.8, 4) is 0 Å². The molecule has 2 rings (SSSR count). The Kier molecular flexibility index (Phi) is 7.05. The zero-order chi connectivity index (χ0) is 12.3. The molecule has 0 aliphatic heterocycles. The molecule has 1 aromatic heterocycles. The fourth-order valence-electron chi connectivity index (χ4n) is 1.98. The summed E-state index contributed by atoms with van der Waals surface area (Å²) in [6.45, 7) is 0.480. The molecule has 0 amide bonds. The van der Waals surface area contributed by atoms with Crippen molar-refractivity contribution in [2.45, 2.75) is 38.3 Å². The van der Waals surface area contributed by atoms with Crippen LogP contribution in [0.2, 0.25) is 8.67 Å². The third kappa shape index (κ3) is 4.75. The molecule has 1 aliphatic rings. The summed E-state index contributed by atoms with van der Waals surface area (Å²) in [6, 6.07) is 2.32. The zero-order valence-corrected chi connectivity index (χ0v) is 14.4. The van der Waals surface area contributed by atoms with Gasteiger partial charge in [0.2, 0.25) is 0 Å². The van der Waals surface area contributed by atoms with E-state index in [1.165, 1.54) is 37.0 Å². The maximum absolute atomic E-state index is 6.00. The summed E-state index contributed by atoms with van der Waals surface area (Å²) in [5, 5.41) is 3.23. The van der Waals surface area contributed by atoms with Crippen molar-refractivity contribution in [1.29, 1.82) is 0 Å². The van der Waals surface area contributed by atoms with Crippen LogP contribution in [0.5, 0.6) is 0 Å². The summed E-state index contributed by atoms with van der Waals surface area (Å²) < 4.78 is 1.37.